The Bertz CT molecular complexity index is 2060. The highest BCUT2D eigenvalue weighted by Gasteiger charge is 2.31. The molecule has 17 nitrogen and oxygen atoms in total. The van der Waals surface area contributed by atoms with Crippen LogP contribution in [0.25, 0.3) is 0 Å². The van der Waals surface area contributed by atoms with Crippen LogP contribution in [0.4, 0.5) is 0 Å². The van der Waals surface area contributed by atoms with Crippen molar-refractivity contribution in [3.63, 3.8) is 0 Å². The van der Waals surface area contributed by atoms with E-state index in [9.17, 15) is 43.2 Å². The zero-order chi connectivity index (χ0) is 79.2. The van der Waals surface area contributed by atoms with Crippen molar-refractivity contribution < 1.29 is 80.2 Å². The number of carbonyl (C=O) groups excluding carboxylic acids is 4. The molecule has 3 N–H and O–H groups in total. The summed E-state index contributed by atoms with van der Waals surface area (Å²) < 4.78 is 69.0. The van der Waals surface area contributed by atoms with Crippen molar-refractivity contribution in [3.8, 4) is 0 Å². The average molecular weight is 1580 g/mol. The van der Waals surface area contributed by atoms with Crippen molar-refractivity contribution in [2.75, 3.05) is 39.6 Å². The molecular weight excluding hydrogens is 1400 g/mol. The van der Waals surface area contributed by atoms with Gasteiger partial charge in [-0.1, -0.05) is 427 Å². The summed E-state index contributed by atoms with van der Waals surface area (Å²) in [6.45, 7) is 9.73. The number of esters is 4. The Balaban J connectivity index is 5.23. The maximum Gasteiger partial charge on any atom is 0.472 e. The van der Waals surface area contributed by atoms with E-state index in [1.54, 1.807) is 0 Å². The van der Waals surface area contributed by atoms with Crippen LogP contribution in [0, 0.1) is 11.8 Å². The first-order valence-corrected chi connectivity index (χ1v) is 49.0. The number of rotatable bonds is 88. The van der Waals surface area contributed by atoms with Crippen LogP contribution in [0.15, 0.2) is 0 Å². The van der Waals surface area contributed by atoms with Crippen molar-refractivity contribution in [2.24, 2.45) is 11.8 Å². The van der Waals surface area contributed by atoms with Crippen LogP contribution in [-0.2, 0) is 65.4 Å². The van der Waals surface area contributed by atoms with Gasteiger partial charge in [-0.3, -0.25) is 37.3 Å². The Labute approximate surface area is 664 Å². The van der Waals surface area contributed by atoms with Gasteiger partial charge in [0.2, 0.25) is 0 Å². The molecule has 0 heterocycles. The van der Waals surface area contributed by atoms with E-state index in [0.717, 1.165) is 102 Å². The summed E-state index contributed by atoms with van der Waals surface area (Å²) in [6.07, 6.45) is 73.6. The third-order valence-corrected chi connectivity index (χ3v) is 22.9. The van der Waals surface area contributed by atoms with Crippen molar-refractivity contribution >= 4 is 39.5 Å². The number of unbranched alkanes of at least 4 members (excludes halogenated alkanes) is 58. The lowest BCUT2D eigenvalue weighted by Crippen LogP contribution is -2.30. The van der Waals surface area contributed by atoms with Crippen LogP contribution in [0.3, 0.4) is 0 Å². The number of aliphatic hydroxyl groups is 1. The second-order valence-electron chi connectivity index (χ2n) is 32.9. The van der Waals surface area contributed by atoms with Crippen molar-refractivity contribution in [1.29, 1.82) is 0 Å². The van der Waals surface area contributed by atoms with Gasteiger partial charge < -0.3 is 33.8 Å². The van der Waals surface area contributed by atoms with Gasteiger partial charge >= 0.3 is 39.5 Å². The number of ether oxygens (including phenoxy) is 4. The molecule has 0 amide bonds. The predicted molar refractivity (Wildman–Crippen MR) is 446 cm³/mol. The minimum atomic E-state index is -4.97. The quantitative estimate of drug-likeness (QED) is 0.0222. The number of hydrogen-bond acceptors (Lipinski definition) is 15. The Hall–Kier alpha value is -1.94. The predicted octanol–water partition coefficient (Wildman–Crippen LogP) is 27.4. The second kappa shape index (κ2) is 80.3. The van der Waals surface area contributed by atoms with Gasteiger partial charge in [-0.2, -0.15) is 0 Å². The average Bonchev–Trinajstić information content (AvgIpc) is 0.916. The SMILES string of the molecule is CCCCCCCCCCCCCCCCCCCCCCCCC(=O)O[C@H](COC(=O)CCCCCCCCCCCCCCCCCCC(C)C)COP(=O)(O)OC[C@@H](O)COP(=O)(O)OC[C@@H](COC(=O)CCCCCCCCCCCCC)OC(=O)CCCCCCCCCCCCCCCC(C)C. The van der Waals surface area contributed by atoms with Gasteiger partial charge in [0.25, 0.3) is 0 Å². The fourth-order valence-corrected chi connectivity index (χ4v) is 15.5. The highest BCUT2D eigenvalue weighted by Crippen LogP contribution is 2.45. The first-order valence-electron chi connectivity index (χ1n) is 46.0. The summed E-state index contributed by atoms with van der Waals surface area (Å²) >= 11 is 0. The van der Waals surface area contributed by atoms with Gasteiger partial charge in [-0.25, -0.2) is 9.13 Å². The van der Waals surface area contributed by atoms with Gasteiger partial charge in [-0.05, 0) is 37.5 Å². The van der Waals surface area contributed by atoms with Crippen LogP contribution < -0.4 is 0 Å². The van der Waals surface area contributed by atoms with Gasteiger partial charge in [-0.15, -0.1) is 0 Å². The minimum absolute atomic E-state index is 0.108. The first kappa shape index (κ1) is 106. The molecule has 2 unspecified atom stereocenters. The number of hydrogen-bond donors (Lipinski definition) is 3. The fraction of sp³-hybridized carbons (Fsp3) is 0.955. The van der Waals surface area contributed by atoms with Gasteiger partial charge in [0, 0.05) is 25.7 Å². The van der Waals surface area contributed by atoms with E-state index >= 15 is 0 Å². The molecule has 0 aromatic rings. The highest BCUT2D eigenvalue weighted by atomic mass is 31.2. The molecule has 642 valence electrons. The molecule has 0 aromatic carbocycles. The number of aliphatic hydroxyl groups excluding tert-OH is 1. The fourth-order valence-electron chi connectivity index (χ4n) is 14.0. The number of carbonyl (C=O) groups is 4. The molecule has 108 heavy (non-hydrogen) atoms. The third-order valence-electron chi connectivity index (χ3n) is 21.0. The van der Waals surface area contributed by atoms with E-state index < -0.39 is 97.5 Å². The van der Waals surface area contributed by atoms with E-state index in [0.29, 0.717) is 25.7 Å². The number of phosphoric acid groups is 2. The van der Waals surface area contributed by atoms with Crippen molar-refractivity contribution in [2.45, 2.75) is 496 Å². The molecule has 0 aliphatic carbocycles. The monoisotopic (exact) mass is 1580 g/mol. The summed E-state index contributed by atoms with van der Waals surface area (Å²) in [5.41, 5.74) is 0. The first-order chi connectivity index (χ1) is 52.4. The summed E-state index contributed by atoms with van der Waals surface area (Å²) in [5.74, 6) is -0.499. The molecule has 0 saturated heterocycles. The highest BCUT2D eigenvalue weighted by molar-refractivity contribution is 7.47. The molecule has 0 bridgehead atoms. The normalized spacial score (nSPS) is 13.8. The van der Waals surface area contributed by atoms with Crippen LogP contribution >= 0.6 is 15.6 Å². The molecule has 0 fully saturated rings. The molecular formula is C89H174O17P2. The molecule has 0 saturated carbocycles. The summed E-state index contributed by atoms with van der Waals surface area (Å²) in [5, 5.41) is 10.7. The van der Waals surface area contributed by atoms with Gasteiger partial charge in [0.05, 0.1) is 26.4 Å². The standard InChI is InChI=1S/C89H174O17P2/c1-7-9-11-13-15-17-19-20-21-22-23-24-25-26-27-32-37-43-49-55-61-67-73-88(93)106-85(78-100-87(92)72-66-60-54-48-42-36-31-29-28-30-34-40-45-51-57-63-69-81(3)4)80-104-108(97,98)102-76-83(90)75-101-107(95,96)103-79-84(77-99-86(91)71-65-59-53-47-39-18-16-14-12-10-8-2)105-89(94)74-68-62-56-50-44-38-33-35-41-46-52-58-64-70-82(5)6/h81-85,90H,7-80H2,1-6H3,(H,95,96)(H,97,98)/t83-,84+,85+/m0/s1. The lowest BCUT2D eigenvalue weighted by Gasteiger charge is -2.21. The third kappa shape index (κ3) is 82.1. The van der Waals surface area contributed by atoms with Crippen LogP contribution in [0.1, 0.15) is 478 Å². The molecule has 19 heteroatoms. The Morgan fingerprint density at radius 2 is 0.426 bits per heavy atom. The van der Waals surface area contributed by atoms with Crippen molar-refractivity contribution in [3.05, 3.63) is 0 Å². The smallest absolute Gasteiger partial charge is 0.462 e. The van der Waals surface area contributed by atoms with E-state index in [-0.39, 0.29) is 25.7 Å². The zero-order valence-electron chi connectivity index (χ0n) is 71.2. The molecule has 0 spiro atoms. The maximum absolute atomic E-state index is 13.2. The summed E-state index contributed by atoms with van der Waals surface area (Å²) in [6, 6.07) is 0. The number of phosphoric ester groups is 2. The van der Waals surface area contributed by atoms with Crippen LogP contribution in [0.5, 0.6) is 0 Å². The molecule has 0 aromatic heterocycles. The van der Waals surface area contributed by atoms with Crippen molar-refractivity contribution in [1.82, 2.24) is 0 Å². The molecule has 0 aliphatic rings. The van der Waals surface area contributed by atoms with E-state index in [4.69, 9.17) is 37.0 Å². The Morgan fingerprint density at radius 3 is 0.630 bits per heavy atom. The maximum atomic E-state index is 13.2. The van der Waals surface area contributed by atoms with Gasteiger partial charge in [0.1, 0.15) is 19.3 Å². The summed E-state index contributed by atoms with van der Waals surface area (Å²) in [4.78, 5) is 73.3. The largest absolute Gasteiger partial charge is 0.472 e. The lowest BCUT2D eigenvalue weighted by molar-refractivity contribution is -0.161. The summed E-state index contributed by atoms with van der Waals surface area (Å²) in [7, 11) is -9.93. The lowest BCUT2D eigenvalue weighted by atomic mass is 10.0. The Morgan fingerprint density at radius 1 is 0.250 bits per heavy atom. The minimum Gasteiger partial charge on any atom is -0.462 e. The van der Waals surface area contributed by atoms with E-state index in [2.05, 4.69) is 41.5 Å². The van der Waals surface area contributed by atoms with Crippen LogP contribution in [-0.4, -0.2) is 96.7 Å². The molecule has 0 radical (unpaired) electrons. The molecule has 0 rings (SSSR count). The molecule has 0 aliphatic heterocycles. The van der Waals surface area contributed by atoms with E-state index in [1.165, 1.54) is 295 Å². The topological polar surface area (TPSA) is 237 Å². The second-order valence-corrected chi connectivity index (χ2v) is 35.8. The zero-order valence-corrected chi connectivity index (χ0v) is 73.0. The van der Waals surface area contributed by atoms with Gasteiger partial charge in [0.15, 0.2) is 12.2 Å². The van der Waals surface area contributed by atoms with E-state index in [1.807, 2.05) is 0 Å². The van der Waals surface area contributed by atoms with Crippen LogP contribution in [0.2, 0.25) is 0 Å². The Kier molecular flexibility index (Phi) is 78.8. The molecule has 5 atom stereocenters.